The number of carbonyl (C=O) groups excluding carboxylic acids is 1. The van der Waals surface area contributed by atoms with Crippen molar-refractivity contribution in [2.75, 3.05) is 6.54 Å². The van der Waals surface area contributed by atoms with Crippen molar-refractivity contribution >= 4 is 5.78 Å². The number of rotatable bonds is 6. The van der Waals surface area contributed by atoms with Crippen molar-refractivity contribution in [3.05, 3.63) is 35.4 Å². The molecule has 0 aromatic heterocycles. The van der Waals surface area contributed by atoms with E-state index >= 15 is 0 Å². The molecule has 17 heavy (non-hydrogen) atoms. The van der Waals surface area contributed by atoms with Crippen molar-refractivity contribution in [2.45, 2.75) is 45.1 Å². The number of Topliss-reactive ketones (excluding diaryl/α,β-unsaturated/α-hetero) is 1. The summed E-state index contributed by atoms with van der Waals surface area (Å²) in [5.74, 6) is 0.838. The Hall–Kier alpha value is -1.15. The highest BCUT2D eigenvalue weighted by molar-refractivity contribution is 5.82. The van der Waals surface area contributed by atoms with Gasteiger partial charge >= 0.3 is 0 Å². The molecule has 2 heteroatoms. The predicted molar refractivity (Wildman–Crippen MR) is 70.3 cm³/mol. The van der Waals surface area contributed by atoms with Gasteiger partial charge in [0.25, 0.3) is 0 Å². The molecule has 1 aliphatic carbocycles. The van der Waals surface area contributed by atoms with Crippen LogP contribution in [0.5, 0.6) is 0 Å². The van der Waals surface area contributed by atoms with E-state index in [1.165, 1.54) is 18.4 Å². The van der Waals surface area contributed by atoms with Crippen molar-refractivity contribution in [3.63, 3.8) is 0 Å². The van der Waals surface area contributed by atoms with Crippen LogP contribution in [0, 0.1) is 0 Å². The van der Waals surface area contributed by atoms with Gasteiger partial charge in [-0.15, -0.1) is 0 Å². The Kier molecular flexibility index (Phi) is 3.95. The molecule has 0 radical (unpaired) electrons. The van der Waals surface area contributed by atoms with Crippen LogP contribution >= 0.6 is 0 Å². The van der Waals surface area contributed by atoms with Crippen LogP contribution in [0.15, 0.2) is 24.3 Å². The summed E-state index contributed by atoms with van der Waals surface area (Å²) in [6.45, 7) is 4.88. The topological polar surface area (TPSA) is 29.1 Å². The highest BCUT2D eigenvalue weighted by Crippen LogP contribution is 2.18. The fourth-order valence-corrected chi connectivity index (χ4v) is 1.86. The van der Waals surface area contributed by atoms with E-state index in [2.05, 4.69) is 43.4 Å². The lowest BCUT2D eigenvalue weighted by molar-refractivity contribution is -0.117. The molecule has 0 unspecified atom stereocenters. The Balaban J connectivity index is 1.82. The molecular formula is C15H21NO. The molecule has 0 spiro atoms. The van der Waals surface area contributed by atoms with Crippen LogP contribution in [0.1, 0.15) is 43.7 Å². The molecule has 1 aliphatic rings. The lowest BCUT2D eigenvalue weighted by atomic mass is 10.00. The number of hydrogen-bond acceptors (Lipinski definition) is 2. The number of benzene rings is 1. The van der Waals surface area contributed by atoms with E-state index in [1.807, 2.05) is 0 Å². The average Bonchev–Trinajstić information content (AvgIpc) is 3.11. The van der Waals surface area contributed by atoms with Gasteiger partial charge < -0.3 is 5.32 Å². The highest BCUT2D eigenvalue weighted by atomic mass is 16.1. The van der Waals surface area contributed by atoms with E-state index < -0.39 is 0 Å². The third kappa shape index (κ3) is 3.97. The Morgan fingerprint density at radius 1 is 1.29 bits per heavy atom. The zero-order valence-electron chi connectivity index (χ0n) is 10.7. The van der Waals surface area contributed by atoms with Crippen LogP contribution in [0.3, 0.4) is 0 Å². The summed E-state index contributed by atoms with van der Waals surface area (Å²) in [5.41, 5.74) is 2.45. The highest BCUT2D eigenvalue weighted by Gasteiger charge is 2.21. The zero-order chi connectivity index (χ0) is 12.3. The molecule has 0 amide bonds. The fraction of sp³-hybridized carbons (Fsp3) is 0.533. The number of ketones is 1. The monoisotopic (exact) mass is 231 g/mol. The summed E-state index contributed by atoms with van der Waals surface area (Å²) in [5, 5.41) is 3.26. The molecular weight excluding hydrogens is 210 g/mol. The maximum atomic E-state index is 11.7. The second-order valence-electron chi connectivity index (χ2n) is 5.27. The average molecular weight is 231 g/mol. The zero-order valence-corrected chi connectivity index (χ0v) is 10.7. The minimum absolute atomic E-state index is 0.286. The molecule has 0 bridgehead atoms. The first-order valence-electron chi connectivity index (χ1n) is 6.49. The summed E-state index contributed by atoms with van der Waals surface area (Å²) in [6, 6.07) is 9.01. The molecule has 1 aromatic rings. The van der Waals surface area contributed by atoms with Crippen LogP contribution in [-0.2, 0) is 11.2 Å². The number of carbonyl (C=O) groups is 1. The van der Waals surface area contributed by atoms with Gasteiger partial charge in [-0.2, -0.15) is 0 Å². The maximum absolute atomic E-state index is 11.7. The molecule has 1 N–H and O–H groups in total. The smallest absolute Gasteiger partial charge is 0.150 e. The summed E-state index contributed by atoms with van der Waals surface area (Å²) in [6.07, 6.45) is 3.02. The minimum Gasteiger partial charge on any atom is -0.307 e. The van der Waals surface area contributed by atoms with E-state index in [1.54, 1.807) is 0 Å². The van der Waals surface area contributed by atoms with Gasteiger partial charge in [0.1, 0.15) is 0 Å². The van der Waals surface area contributed by atoms with Gasteiger partial charge in [0, 0.05) is 12.5 Å². The van der Waals surface area contributed by atoms with E-state index in [9.17, 15) is 4.79 Å². The van der Waals surface area contributed by atoms with E-state index in [-0.39, 0.29) is 5.78 Å². The van der Waals surface area contributed by atoms with Crippen LogP contribution < -0.4 is 5.32 Å². The fourth-order valence-electron chi connectivity index (χ4n) is 1.86. The minimum atomic E-state index is 0.286. The maximum Gasteiger partial charge on any atom is 0.150 e. The standard InChI is InChI=1S/C15H21NO/c1-11(2)13-5-3-12(4-6-13)9-15(17)10-16-14-7-8-14/h3-6,11,14,16H,7-10H2,1-2H3. The van der Waals surface area contributed by atoms with Crippen molar-refractivity contribution in [1.29, 1.82) is 0 Å². The second kappa shape index (κ2) is 5.46. The van der Waals surface area contributed by atoms with E-state index in [4.69, 9.17) is 0 Å². The van der Waals surface area contributed by atoms with Gasteiger partial charge in [-0.05, 0) is 29.9 Å². The molecule has 1 aromatic carbocycles. The van der Waals surface area contributed by atoms with E-state index in [0.717, 1.165) is 5.56 Å². The van der Waals surface area contributed by atoms with Crippen LogP contribution in [0.2, 0.25) is 0 Å². The first kappa shape index (κ1) is 12.3. The first-order valence-corrected chi connectivity index (χ1v) is 6.49. The second-order valence-corrected chi connectivity index (χ2v) is 5.27. The van der Waals surface area contributed by atoms with E-state index in [0.29, 0.717) is 24.9 Å². The lowest BCUT2D eigenvalue weighted by Crippen LogP contribution is -2.25. The molecule has 0 heterocycles. The lowest BCUT2D eigenvalue weighted by Gasteiger charge is -2.07. The van der Waals surface area contributed by atoms with Gasteiger partial charge in [-0.3, -0.25) is 4.79 Å². The van der Waals surface area contributed by atoms with Crippen molar-refractivity contribution in [3.8, 4) is 0 Å². The van der Waals surface area contributed by atoms with Crippen molar-refractivity contribution < 1.29 is 4.79 Å². The molecule has 0 atom stereocenters. The third-order valence-electron chi connectivity index (χ3n) is 3.21. The molecule has 92 valence electrons. The normalized spacial score (nSPS) is 15.2. The quantitative estimate of drug-likeness (QED) is 0.815. The van der Waals surface area contributed by atoms with Gasteiger partial charge in [-0.1, -0.05) is 38.1 Å². The molecule has 1 fully saturated rings. The molecule has 0 saturated heterocycles. The summed E-state index contributed by atoms with van der Waals surface area (Å²) in [7, 11) is 0. The Morgan fingerprint density at radius 2 is 1.94 bits per heavy atom. The van der Waals surface area contributed by atoms with Crippen LogP contribution in [-0.4, -0.2) is 18.4 Å². The van der Waals surface area contributed by atoms with Crippen LogP contribution in [0.25, 0.3) is 0 Å². The van der Waals surface area contributed by atoms with Crippen molar-refractivity contribution in [2.24, 2.45) is 0 Å². The number of hydrogen-bond donors (Lipinski definition) is 1. The summed E-state index contributed by atoms with van der Waals surface area (Å²) >= 11 is 0. The molecule has 0 aliphatic heterocycles. The van der Waals surface area contributed by atoms with Gasteiger partial charge in [0.2, 0.25) is 0 Å². The SMILES string of the molecule is CC(C)c1ccc(CC(=O)CNC2CC2)cc1. The molecule has 2 rings (SSSR count). The Bertz CT molecular complexity index is 376. The van der Waals surface area contributed by atoms with Gasteiger partial charge in [0.05, 0.1) is 6.54 Å². The van der Waals surface area contributed by atoms with Crippen molar-refractivity contribution in [1.82, 2.24) is 5.32 Å². The number of nitrogens with one attached hydrogen (secondary N) is 1. The summed E-state index contributed by atoms with van der Waals surface area (Å²) in [4.78, 5) is 11.7. The first-order chi connectivity index (χ1) is 8.15. The predicted octanol–water partition coefficient (Wildman–Crippen LogP) is 2.67. The van der Waals surface area contributed by atoms with Crippen LogP contribution in [0.4, 0.5) is 0 Å². The van der Waals surface area contributed by atoms with Gasteiger partial charge in [-0.25, -0.2) is 0 Å². The Morgan fingerprint density at radius 3 is 2.47 bits per heavy atom. The largest absolute Gasteiger partial charge is 0.307 e. The Labute approximate surface area is 103 Å². The molecule has 2 nitrogen and oxygen atoms in total. The third-order valence-corrected chi connectivity index (χ3v) is 3.21. The van der Waals surface area contributed by atoms with Gasteiger partial charge in [0.15, 0.2) is 5.78 Å². The summed E-state index contributed by atoms with van der Waals surface area (Å²) < 4.78 is 0. The molecule has 1 saturated carbocycles.